The summed E-state index contributed by atoms with van der Waals surface area (Å²) in [5.74, 6) is 2.07. The van der Waals surface area contributed by atoms with E-state index in [4.69, 9.17) is 10.8 Å². The van der Waals surface area contributed by atoms with Crippen molar-refractivity contribution in [2.45, 2.75) is 6.54 Å². The third kappa shape index (κ3) is 1.97. The Hall–Kier alpha value is -2.06. The first-order chi connectivity index (χ1) is 7.83. The van der Waals surface area contributed by atoms with E-state index in [0.29, 0.717) is 30.9 Å². The van der Waals surface area contributed by atoms with Crippen LogP contribution in [0, 0.1) is 12.3 Å². The highest BCUT2D eigenvalue weighted by molar-refractivity contribution is 5.67. The number of pyridine rings is 1. The van der Waals surface area contributed by atoms with Gasteiger partial charge in [0.1, 0.15) is 0 Å². The first-order valence-corrected chi connectivity index (χ1v) is 4.91. The fourth-order valence-corrected chi connectivity index (χ4v) is 1.45. The van der Waals surface area contributed by atoms with Crippen molar-refractivity contribution in [2.75, 3.05) is 13.1 Å². The average molecular weight is 217 g/mol. The van der Waals surface area contributed by atoms with Gasteiger partial charge in [0.15, 0.2) is 11.2 Å². The molecule has 0 saturated heterocycles. The second kappa shape index (κ2) is 4.64. The Labute approximate surface area is 92.1 Å². The average Bonchev–Trinajstić information content (AvgIpc) is 2.61. The molecule has 0 aliphatic rings. The molecule has 0 amide bonds. The van der Waals surface area contributed by atoms with Crippen LogP contribution in [-0.4, -0.2) is 22.6 Å². The predicted octanol–water partition coefficient (Wildman–Crippen LogP) is 0.212. The minimum atomic E-state index is -0.392. The smallest absolute Gasteiger partial charge is 0.406 e. The molecule has 0 radical (unpaired) electrons. The Morgan fingerprint density at radius 1 is 1.62 bits per heavy atom. The molecule has 0 bridgehead atoms. The van der Waals surface area contributed by atoms with E-state index in [9.17, 15) is 4.79 Å². The third-order valence-electron chi connectivity index (χ3n) is 2.16. The quantitative estimate of drug-likeness (QED) is 0.587. The van der Waals surface area contributed by atoms with E-state index in [0.717, 1.165) is 0 Å². The summed E-state index contributed by atoms with van der Waals surface area (Å²) in [5.41, 5.74) is 1.07. The fourth-order valence-electron chi connectivity index (χ4n) is 1.45. The lowest BCUT2D eigenvalue weighted by atomic mass is 10.4. The lowest BCUT2D eigenvalue weighted by Crippen LogP contribution is -2.24. The number of terminal acetylenes is 1. The van der Waals surface area contributed by atoms with Gasteiger partial charge in [0.05, 0.1) is 6.54 Å². The van der Waals surface area contributed by atoms with E-state index < -0.39 is 5.76 Å². The SMILES string of the molecule is C#CCNCCn1c(=O)oc2cccnc21. The minimum absolute atomic E-state index is 0.392. The molecule has 0 aliphatic heterocycles. The van der Waals surface area contributed by atoms with E-state index >= 15 is 0 Å². The van der Waals surface area contributed by atoms with Gasteiger partial charge in [-0.3, -0.25) is 4.57 Å². The Kier molecular flexibility index (Phi) is 3.03. The molecular weight excluding hydrogens is 206 g/mol. The van der Waals surface area contributed by atoms with Crippen molar-refractivity contribution in [3.63, 3.8) is 0 Å². The molecule has 2 aromatic heterocycles. The molecule has 0 spiro atoms. The number of nitrogens with one attached hydrogen (secondary N) is 1. The molecule has 0 unspecified atom stereocenters. The molecule has 0 aromatic carbocycles. The van der Waals surface area contributed by atoms with Crippen LogP contribution in [0.5, 0.6) is 0 Å². The maximum absolute atomic E-state index is 11.5. The molecule has 5 heteroatoms. The third-order valence-corrected chi connectivity index (χ3v) is 2.16. The lowest BCUT2D eigenvalue weighted by Gasteiger charge is -2.01. The highest BCUT2D eigenvalue weighted by atomic mass is 16.4. The van der Waals surface area contributed by atoms with Crippen LogP contribution in [0.25, 0.3) is 11.2 Å². The van der Waals surface area contributed by atoms with Gasteiger partial charge in [-0.1, -0.05) is 5.92 Å². The Balaban J connectivity index is 2.20. The van der Waals surface area contributed by atoms with Crippen molar-refractivity contribution in [2.24, 2.45) is 0 Å². The molecule has 2 rings (SSSR count). The highest BCUT2D eigenvalue weighted by Gasteiger charge is 2.08. The van der Waals surface area contributed by atoms with Crippen LogP contribution in [0.1, 0.15) is 0 Å². The standard InChI is InChI=1S/C11H11N3O2/c1-2-5-12-7-8-14-10-9(16-11(14)15)4-3-6-13-10/h1,3-4,6,12H,5,7-8H2. The molecule has 0 saturated carbocycles. The zero-order valence-electron chi connectivity index (χ0n) is 8.64. The van der Waals surface area contributed by atoms with Gasteiger partial charge < -0.3 is 9.73 Å². The van der Waals surface area contributed by atoms with E-state index in [1.807, 2.05) is 0 Å². The lowest BCUT2D eigenvalue weighted by molar-refractivity contribution is 0.498. The van der Waals surface area contributed by atoms with Crippen molar-refractivity contribution in [3.8, 4) is 12.3 Å². The van der Waals surface area contributed by atoms with Crippen LogP contribution in [0.2, 0.25) is 0 Å². The van der Waals surface area contributed by atoms with Gasteiger partial charge >= 0.3 is 5.76 Å². The van der Waals surface area contributed by atoms with E-state index in [1.54, 1.807) is 18.3 Å². The van der Waals surface area contributed by atoms with Crippen LogP contribution >= 0.6 is 0 Å². The van der Waals surface area contributed by atoms with Gasteiger partial charge in [-0.2, -0.15) is 0 Å². The summed E-state index contributed by atoms with van der Waals surface area (Å²) < 4.78 is 6.52. The van der Waals surface area contributed by atoms with Gasteiger partial charge in [-0.15, -0.1) is 6.42 Å². The number of nitrogens with zero attached hydrogens (tertiary/aromatic N) is 2. The zero-order valence-corrected chi connectivity index (χ0v) is 8.64. The van der Waals surface area contributed by atoms with Crippen LogP contribution in [0.3, 0.4) is 0 Å². The maximum atomic E-state index is 11.5. The first kappa shape index (κ1) is 10.5. The summed E-state index contributed by atoms with van der Waals surface area (Å²) in [6.45, 7) is 1.58. The van der Waals surface area contributed by atoms with E-state index in [2.05, 4.69) is 16.2 Å². The molecule has 0 aliphatic carbocycles. The van der Waals surface area contributed by atoms with Gasteiger partial charge in [0, 0.05) is 19.3 Å². The molecular formula is C11H11N3O2. The van der Waals surface area contributed by atoms with Crippen molar-refractivity contribution in [1.29, 1.82) is 0 Å². The highest BCUT2D eigenvalue weighted by Crippen LogP contribution is 2.07. The maximum Gasteiger partial charge on any atom is 0.421 e. The second-order valence-electron chi connectivity index (χ2n) is 3.23. The number of hydrogen-bond donors (Lipinski definition) is 1. The number of rotatable bonds is 4. The number of oxazole rings is 1. The van der Waals surface area contributed by atoms with Crippen LogP contribution in [0.15, 0.2) is 27.5 Å². The summed E-state index contributed by atoms with van der Waals surface area (Å²) in [5, 5.41) is 3.00. The zero-order chi connectivity index (χ0) is 11.4. The van der Waals surface area contributed by atoms with Crippen LogP contribution < -0.4 is 11.1 Å². The number of aromatic nitrogens is 2. The van der Waals surface area contributed by atoms with Crippen molar-refractivity contribution in [1.82, 2.24) is 14.9 Å². The van der Waals surface area contributed by atoms with Gasteiger partial charge in [0.2, 0.25) is 0 Å². The largest absolute Gasteiger partial charge is 0.421 e. The summed E-state index contributed by atoms with van der Waals surface area (Å²) in [4.78, 5) is 15.6. The molecule has 2 aromatic rings. The van der Waals surface area contributed by atoms with Crippen molar-refractivity contribution in [3.05, 3.63) is 28.9 Å². The second-order valence-corrected chi connectivity index (χ2v) is 3.23. The molecule has 5 nitrogen and oxygen atoms in total. The van der Waals surface area contributed by atoms with Crippen LogP contribution in [0.4, 0.5) is 0 Å². The Morgan fingerprint density at radius 2 is 2.50 bits per heavy atom. The molecule has 0 fully saturated rings. The summed E-state index contributed by atoms with van der Waals surface area (Å²) >= 11 is 0. The topological polar surface area (TPSA) is 60.1 Å². The van der Waals surface area contributed by atoms with E-state index in [-0.39, 0.29) is 0 Å². The van der Waals surface area contributed by atoms with Crippen LogP contribution in [-0.2, 0) is 6.54 Å². The first-order valence-electron chi connectivity index (χ1n) is 4.91. The Morgan fingerprint density at radius 3 is 3.31 bits per heavy atom. The molecule has 82 valence electrons. The van der Waals surface area contributed by atoms with Crippen molar-refractivity contribution < 1.29 is 4.42 Å². The van der Waals surface area contributed by atoms with Gasteiger partial charge in [0.25, 0.3) is 0 Å². The molecule has 2 heterocycles. The van der Waals surface area contributed by atoms with E-state index in [1.165, 1.54) is 4.57 Å². The predicted molar refractivity (Wildman–Crippen MR) is 60.0 cm³/mol. The van der Waals surface area contributed by atoms with Crippen molar-refractivity contribution >= 4 is 11.2 Å². The number of fused-ring (bicyclic) bond motifs is 1. The number of hydrogen-bond acceptors (Lipinski definition) is 4. The van der Waals surface area contributed by atoms with Gasteiger partial charge in [-0.25, -0.2) is 9.78 Å². The summed E-state index contributed by atoms with van der Waals surface area (Å²) in [6, 6.07) is 3.45. The Bertz CT molecular complexity index is 577. The monoisotopic (exact) mass is 217 g/mol. The molecule has 0 atom stereocenters. The van der Waals surface area contributed by atoms with Gasteiger partial charge in [-0.05, 0) is 12.1 Å². The minimum Gasteiger partial charge on any atom is -0.406 e. The normalized spacial score (nSPS) is 10.4. The molecule has 1 N–H and O–H groups in total. The fraction of sp³-hybridized carbons (Fsp3) is 0.273. The molecule has 16 heavy (non-hydrogen) atoms. The summed E-state index contributed by atoms with van der Waals surface area (Å²) in [6.07, 6.45) is 6.72. The summed E-state index contributed by atoms with van der Waals surface area (Å²) in [7, 11) is 0.